The molecule has 0 spiro atoms. The maximum Gasteiger partial charge on any atom is 0.335 e. The average Bonchev–Trinajstić information content (AvgIpc) is 2.27. The van der Waals surface area contributed by atoms with Crippen molar-refractivity contribution >= 4 is 11.9 Å². The second-order valence-electron chi connectivity index (χ2n) is 4.55. The van der Waals surface area contributed by atoms with Crippen LogP contribution in [0.25, 0.3) is 0 Å². The van der Waals surface area contributed by atoms with Gasteiger partial charge in [0.05, 0.1) is 11.0 Å². The topological polar surface area (TPSA) is 83.8 Å². The predicted octanol–water partition coefficient (Wildman–Crippen LogP) is 2.15. The highest BCUT2D eigenvalue weighted by atomic mass is 19.1. The average molecular weight is 274 g/mol. The van der Waals surface area contributed by atoms with E-state index in [4.69, 9.17) is 14.9 Å². The van der Waals surface area contributed by atoms with Crippen molar-refractivity contribution in [2.24, 2.45) is 5.41 Å². The van der Waals surface area contributed by atoms with Gasteiger partial charge in [0.2, 0.25) is 0 Å². The van der Waals surface area contributed by atoms with Crippen LogP contribution in [-0.2, 0) is 4.79 Å². The van der Waals surface area contributed by atoms with Crippen LogP contribution in [0.15, 0.2) is 12.1 Å². The predicted molar refractivity (Wildman–Crippen MR) is 60.2 cm³/mol. The Morgan fingerprint density at radius 1 is 1.21 bits per heavy atom. The number of rotatable bonds is 5. The molecule has 0 bridgehead atoms. The molecule has 0 unspecified atom stereocenters. The van der Waals surface area contributed by atoms with Crippen molar-refractivity contribution in [2.75, 3.05) is 6.61 Å². The van der Waals surface area contributed by atoms with Crippen molar-refractivity contribution in [2.45, 2.75) is 13.8 Å². The molecule has 7 heteroatoms. The number of ether oxygens (including phenoxy) is 1. The zero-order valence-electron chi connectivity index (χ0n) is 10.2. The van der Waals surface area contributed by atoms with E-state index in [9.17, 15) is 18.4 Å². The fourth-order valence-electron chi connectivity index (χ4n) is 1.14. The third-order valence-corrected chi connectivity index (χ3v) is 2.40. The zero-order valence-corrected chi connectivity index (χ0v) is 10.2. The van der Waals surface area contributed by atoms with E-state index in [1.54, 1.807) is 0 Å². The number of benzene rings is 1. The minimum absolute atomic E-state index is 0.456. The van der Waals surface area contributed by atoms with Gasteiger partial charge in [-0.25, -0.2) is 13.6 Å². The fourth-order valence-corrected chi connectivity index (χ4v) is 1.14. The van der Waals surface area contributed by atoms with E-state index < -0.39 is 46.9 Å². The third-order valence-electron chi connectivity index (χ3n) is 2.40. The number of carboxylic acid groups (broad SMARTS) is 2. The Labute approximate surface area is 107 Å². The highest BCUT2D eigenvalue weighted by Crippen LogP contribution is 2.26. The Kier molecular flexibility index (Phi) is 4.08. The number of hydrogen-bond acceptors (Lipinski definition) is 3. The normalized spacial score (nSPS) is 11.2. The van der Waals surface area contributed by atoms with E-state index in [1.165, 1.54) is 13.8 Å². The van der Waals surface area contributed by atoms with Crippen LogP contribution in [0.4, 0.5) is 8.78 Å². The lowest BCUT2D eigenvalue weighted by Gasteiger charge is -2.20. The summed E-state index contributed by atoms with van der Waals surface area (Å²) in [5.41, 5.74) is -1.88. The molecule has 0 amide bonds. The molecule has 1 rings (SSSR count). The van der Waals surface area contributed by atoms with Crippen molar-refractivity contribution in [3.63, 3.8) is 0 Å². The summed E-state index contributed by atoms with van der Waals surface area (Å²) in [6.45, 7) is 2.20. The lowest BCUT2D eigenvalue weighted by atomic mass is 9.95. The molecule has 0 aliphatic heterocycles. The Balaban J connectivity index is 2.97. The molecule has 0 aliphatic carbocycles. The van der Waals surface area contributed by atoms with Gasteiger partial charge in [0, 0.05) is 0 Å². The molecule has 0 saturated heterocycles. The number of aliphatic carboxylic acids is 1. The molecule has 0 aromatic heterocycles. The van der Waals surface area contributed by atoms with Gasteiger partial charge >= 0.3 is 11.9 Å². The van der Waals surface area contributed by atoms with Gasteiger partial charge in [0.15, 0.2) is 17.4 Å². The van der Waals surface area contributed by atoms with Crippen molar-refractivity contribution < 1.29 is 33.3 Å². The number of hydrogen-bond donors (Lipinski definition) is 2. The largest absolute Gasteiger partial charge is 0.486 e. The summed E-state index contributed by atoms with van der Waals surface area (Å²) in [5.74, 6) is -5.85. The first-order valence-corrected chi connectivity index (χ1v) is 5.23. The van der Waals surface area contributed by atoms with E-state index in [-0.39, 0.29) is 0 Å². The number of halogens is 2. The summed E-state index contributed by atoms with van der Waals surface area (Å²) in [6.07, 6.45) is 0. The quantitative estimate of drug-likeness (QED) is 0.859. The molecular weight excluding hydrogens is 262 g/mol. The molecule has 0 atom stereocenters. The van der Waals surface area contributed by atoms with Crippen LogP contribution in [0.3, 0.4) is 0 Å². The standard InChI is InChI=1S/C12H12F2O5/c1-12(2,11(17)18)5-19-9-7(13)3-6(10(15)16)4-8(9)14/h3-4H,5H2,1-2H3,(H,15,16)(H,17,18). The number of aromatic carboxylic acids is 1. The minimum atomic E-state index is -1.48. The van der Waals surface area contributed by atoms with Crippen molar-refractivity contribution in [1.29, 1.82) is 0 Å². The van der Waals surface area contributed by atoms with E-state index in [2.05, 4.69) is 0 Å². The number of carbonyl (C=O) groups is 2. The summed E-state index contributed by atoms with van der Waals surface area (Å²) in [7, 11) is 0. The van der Waals surface area contributed by atoms with Crippen LogP contribution in [0.1, 0.15) is 24.2 Å². The summed E-state index contributed by atoms with van der Waals surface area (Å²) in [6, 6.07) is 1.21. The first-order valence-electron chi connectivity index (χ1n) is 5.23. The van der Waals surface area contributed by atoms with Crippen molar-refractivity contribution in [1.82, 2.24) is 0 Å². The van der Waals surface area contributed by atoms with E-state index in [0.29, 0.717) is 12.1 Å². The van der Waals surface area contributed by atoms with Gasteiger partial charge in [-0.2, -0.15) is 0 Å². The third kappa shape index (κ3) is 3.40. The SMILES string of the molecule is CC(C)(COc1c(F)cc(C(=O)O)cc1F)C(=O)O. The fraction of sp³-hybridized carbons (Fsp3) is 0.333. The molecule has 19 heavy (non-hydrogen) atoms. The first kappa shape index (κ1) is 14.9. The monoisotopic (exact) mass is 274 g/mol. The van der Waals surface area contributed by atoms with Crippen molar-refractivity contribution in [3.8, 4) is 5.75 Å². The summed E-state index contributed by atoms with van der Waals surface area (Å²) in [5, 5.41) is 17.4. The number of carboxylic acids is 2. The maximum absolute atomic E-state index is 13.5. The smallest absolute Gasteiger partial charge is 0.335 e. The van der Waals surface area contributed by atoms with Gasteiger partial charge in [-0.05, 0) is 26.0 Å². The molecule has 0 aliphatic rings. The second-order valence-corrected chi connectivity index (χ2v) is 4.55. The van der Waals surface area contributed by atoms with Crippen molar-refractivity contribution in [3.05, 3.63) is 29.3 Å². The summed E-state index contributed by atoms with van der Waals surface area (Å²) < 4.78 is 31.7. The molecule has 0 saturated carbocycles. The molecule has 2 N–H and O–H groups in total. The van der Waals surface area contributed by atoms with Gasteiger partial charge in [0.25, 0.3) is 0 Å². The van der Waals surface area contributed by atoms with Crippen LogP contribution >= 0.6 is 0 Å². The molecule has 1 aromatic rings. The van der Waals surface area contributed by atoms with Gasteiger partial charge in [-0.3, -0.25) is 4.79 Å². The molecule has 5 nitrogen and oxygen atoms in total. The Morgan fingerprint density at radius 2 is 1.68 bits per heavy atom. The van der Waals surface area contributed by atoms with Gasteiger partial charge < -0.3 is 14.9 Å². The van der Waals surface area contributed by atoms with E-state index >= 15 is 0 Å². The lowest BCUT2D eigenvalue weighted by molar-refractivity contribution is -0.148. The molecular formula is C12H12F2O5. The van der Waals surface area contributed by atoms with Crippen LogP contribution in [-0.4, -0.2) is 28.8 Å². The molecule has 0 fully saturated rings. The summed E-state index contributed by atoms with van der Waals surface area (Å²) in [4.78, 5) is 21.4. The first-order chi connectivity index (χ1) is 8.65. The maximum atomic E-state index is 13.5. The molecule has 0 heterocycles. The Morgan fingerprint density at radius 3 is 2.05 bits per heavy atom. The van der Waals surface area contributed by atoms with Gasteiger partial charge in [-0.15, -0.1) is 0 Å². The van der Waals surface area contributed by atoms with E-state index in [0.717, 1.165) is 0 Å². The second kappa shape index (κ2) is 5.21. The van der Waals surface area contributed by atoms with E-state index in [1.807, 2.05) is 0 Å². The van der Waals surface area contributed by atoms with Crippen LogP contribution < -0.4 is 4.74 Å². The summed E-state index contributed by atoms with van der Waals surface area (Å²) >= 11 is 0. The van der Waals surface area contributed by atoms with Crippen LogP contribution in [0.5, 0.6) is 5.75 Å². The Hall–Kier alpha value is -2.18. The molecule has 0 radical (unpaired) electrons. The molecule has 1 aromatic carbocycles. The zero-order chi connectivity index (χ0) is 14.8. The highest BCUT2D eigenvalue weighted by Gasteiger charge is 2.29. The molecule has 104 valence electrons. The van der Waals surface area contributed by atoms with Gasteiger partial charge in [0.1, 0.15) is 6.61 Å². The highest BCUT2D eigenvalue weighted by molar-refractivity contribution is 5.87. The lowest BCUT2D eigenvalue weighted by Crippen LogP contribution is -2.31. The van der Waals surface area contributed by atoms with Crippen LogP contribution in [0, 0.1) is 17.0 Å². The minimum Gasteiger partial charge on any atom is -0.486 e. The van der Waals surface area contributed by atoms with Crippen LogP contribution in [0.2, 0.25) is 0 Å². The Bertz CT molecular complexity index is 502. The van der Waals surface area contributed by atoms with Gasteiger partial charge in [-0.1, -0.05) is 0 Å².